The van der Waals surface area contributed by atoms with Gasteiger partial charge < -0.3 is 10.2 Å². The predicted octanol–water partition coefficient (Wildman–Crippen LogP) is -2.26. The summed E-state index contributed by atoms with van der Waals surface area (Å²) in [6.07, 6.45) is 1.01. The van der Waals surface area contributed by atoms with Crippen LogP contribution >= 0.6 is 0 Å². The minimum Gasteiger partial charge on any atom is -0.395 e. The fourth-order valence-electron chi connectivity index (χ4n) is 0.679. The average Bonchev–Trinajstić information content (AvgIpc) is 1.84. The fourth-order valence-corrected chi connectivity index (χ4v) is 1.33. The molecule has 0 fully saturated rings. The van der Waals surface area contributed by atoms with E-state index in [1.165, 1.54) is 5.01 Å². The summed E-state index contributed by atoms with van der Waals surface area (Å²) in [5.74, 6) is 0. The van der Waals surface area contributed by atoms with Gasteiger partial charge in [0.15, 0.2) is 0 Å². The van der Waals surface area contributed by atoms with Crippen LogP contribution in [0, 0.1) is 0 Å². The van der Waals surface area contributed by atoms with Gasteiger partial charge in [0.1, 0.15) is 0 Å². The van der Waals surface area contributed by atoms with Crippen molar-refractivity contribution in [2.75, 3.05) is 32.6 Å². The van der Waals surface area contributed by atoms with Crippen LogP contribution < -0.4 is 4.83 Å². The number of aliphatic hydroxyl groups is 2. The van der Waals surface area contributed by atoms with Crippen molar-refractivity contribution in [1.82, 2.24) is 9.84 Å². The number of hydrogen-bond acceptors (Lipinski definition) is 5. The Bertz CT molecular complexity index is 197. The van der Waals surface area contributed by atoms with Crippen LogP contribution in [-0.2, 0) is 10.0 Å². The molecule has 0 aliphatic heterocycles. The fraction of sp³-hybridized carbons (Fsp3) is 1.00. The summed E-state index contributed by atoms with van der Waals surface area (Å²) in [6.45, 7) is -0.00764. The molecule has 12 heavy (non-hydrogen) atoms. The molecule has 74 valence electrons. The lowest BCUT2D eigenvalue weighted by atomic mass is 10.6. The lowest BCUT2D eigenvalue weighted by Gasteiger charge is -2.19. The van der Waals surface area contributed by atoms with Crippen molar-refractivity contribution >= 4 is 10.0 Å². The molecule has 7 heteroatoms. The molecule has 0 aromatic heterocycles. The lowest BCUT2D eigenvalue weighted by Crippen LogP contribution is -2.44. The van der Waals surface area contributed by atoms with Crippen molar-refractivity contribution in [3.63, 3.8) is 0 Å². The molecule has 0 aliphatic carbocycles. The predicted molar refractivity (Wildman–Crippen MR) is 43.7 cm³/mol. The molecule has 0 amide bonds. The van der Waals surface area contributed by atoms with E-state index < -0.39 is 10.0 Å². The Morgan fingerprint density at radius 3 is 1.92 bits per heavy atom. The molecule has 0 aliphatic rings. The van der Waals surface area contributed by atoms with Gasteiger partial charge >= 0.3 is 0 Å². The molecular formula is C5H14N2O4S. The van der Waals surface area contributed by atoms with Gasteiger partial charge in [0.25, 0.3) is 0 Å². The van der Waals surface area contributed by atoms with Crippen LogP contribution in [0.25, 0.3) is 0 Å². The highest BCUT2D eigenvalue weighted by atomic mass is 32.2. The van der Waals surface area contributed by atoms with Crippen LogP contribution in [0.15, 0.2) is 0 Å². The summed E-state index contributed by atoms with van der Waals surface area (Å²) in [7, 11) is -3.31. The van der Waals surface area contributed by atoms with Crippen LogP contribution in [0.4, 0.5) is 0 Å². The molecule has 0 bridgehead atoms. The van der Waals surface area contributed by atoms with E-state index in [2.05, 4.69) is 4.83 Å². The van der Waals surface area contributed by atoms with Crippen molar-refractivity contribution in [3.8, 4) is 0 Å². The Morgan fingerprint density at radius 2 is 1.67 bits per heavy atom. The molecule has 0 saturated carbocycles. The molecule has 0 atom stereocenters. The van der Waals surface area contributed by atoms with Crippen molar-refractivity contribution in [2.45, 2.75) is 0 Å². The molecule has 3 N–H and O–H groups in total. The molecule has 0 rings (SSSR count). The summed E-state index contributed by atoms with van der Waals surface area (Å²) < 4.78 is 21.4. The third-order valence-corrected chi connectivity index (χ3v) is 1.62. The topological polar surface area (TPSA) is 89.9 Å². The van der Waals surface area contributed by atoms with E-state index in [0.717, 1.165) is 6.26 Å². The maximum atomic E-state index is 10.7. The van der Waals surface area contributed by atoms with Crippen LogP contribution in [-0.4, -0.2) is 56.2 Å². The lowest BCUT2D eigenvalue weighted by molar-refractivity contribution is 0.144. The summed E-state index contributed by atoms with van der Waals surface area (Å²) >= 11 is 0. The van der Waals surface area contributed by atoms with Crippen molar-refractivity contribution in [1.29, 1.82) is 0 Å². The Morgan fingerprint density at radius 1 is 1.25 bits per heavy atom. The maximum absolute atomic E-state index is 10.7. The molecular weight excluding hydrogens is 184 g/mol. The highest BCUT2D eigenvalue weighted by molar-refractivity contribution is 7.88. The van der Waals surface area contributed by atoms with Gasteiger partial charge in [0.2, 0.25) is 10.0 Å². The quantitative estimate of drug-likeness (QED) is 0.419. The third-order valence-electron chi connectivity index (χ3n) is 1.03. The van der Waals surface area contributed by atoms with Gasteiger partial charge in [-0.05, 0) is 0 Å². The van der Waals surface area contributed by atoms with Gasteiger partial charge in [-0.3, -0.25) is 0 Å². The zero-order valence-electron chi connectivity index (χ0n) is 6.89. The van der Waals surface area contributed by atoms with Crippen molar-refractivity contribution in [2.24, 2.45) is 0 Å². The molecule has 0 aromatic carbocycles. The number of hydrogen-bond donors (Lipinski definition) is 3. The van der Waals surface area contributed by atoms with Gasteiger partial charge in [-0.1, -0.05) is 0 Å². The second-order valence-electron chi connectivity index (χ2n) is 2.30. The summed E-state index contributed by atoms with van der Waals surface area (Å²) in [5.41, 5.74) is 0. The van der Waals surface area contributed by atoms with E-state index in [4.69, 9.17) is 10.2 Å². The Kier molecular flexibility index (Phi) is 5.34. The Balaban J connectivity index is 3.95. The number of nitrogens with zero attached hydrogens (tertiary/aromatic N) is 1. The molecule has 0 saturated heterocycles. The molecule has 6 nitrogen and oxygen atoms in total. The zero-order valence-corrected chi connectivity index (χ0v) is 7.71. The Labute approximate surface area is 71.8 Å². The first-order valence-electron chi connectivity index (χ1n) is 3.43. The zero-order chi connectivity index (χ0) is 9.61. The molecule has 0 spiro atoms. The second-order valence-corrected chi connectivity index (χ2v) is 4.02. The first kappa shape index (κ1) is 11.8. The molecule has 0 aromatic rings. The first-order chi connectivity index (χ1) is 5.49. The van der Waals surface area contributed by atoms with Crippen LogP contribution in [0.3, 0.4) is 0 Å². The molecule has 0 heterocycles. The third kappa shape index (κ3) is 6.50. The van der Waals surface area contributed by atoms with E-state index in [1.54, 1.807) is 0 Å². The van der Waals surface area contributed by atoms with Crippen molar-refractivity contribution < 1.29 is 18.6 Å². The highest BCUT2D eigenvalue weighted by Gasteiger charge is 2.08. The van der Waals surface area contributed by atoms with E-state index in [-0.39, 0.29) is 26.3 Å². The monoisotopic (exact) mass is 198 g/mol. The molecule has 0 radical (unpaired) electrons. The summed E-state index contributed by atoms with van der Waals surface area (Å²) in [6, 6.07) is 0. The van der Waals surface area contributed by atoms with Crippen LogP contribution in [0.5, 0.6) is 0 Å². The maximum Gasteiger partial charge on any atom is 0.221 e. The van der Waals surface area contributed by atoms with Gasteiger partial charge in [0, 0.05) is 13.1 Å². The van der Waals surface area contributed by atoms with E-state index in [1.807, 2.05) is 0 Å². The Hall–Kier alpha value is -0.210. The number of nitrogens with one attached hydrogen (secondary N) is 1. The first-order valence-corrected chi connectivity index (χ1v) is 5.33. The highest BCUT2D eigenvalue weighted by Crippen LogP contribution is 1.84. The normalized spacial score (nSPS) is 12.3. The van der Waals surface area contributed by atoms with Crippen LogP contribution in [0.2, 0.25) is 0 Å². The largest absolute Gasteiger partial charge is 0.395 e. The van der Waals surface area contributed by atoms with E-state index in [0.29, 0.717) is 0 Å². The standard InChI is InChI=1S/C5H14N2O4S/c1-12(10,11)6-7(2-4-8)3-5-9/h6,8-9H,2-5H2,1H3. The number of aliphatic hydroxyl groups excluding tert-OH is 2. The minimum absolute atomic E-state index is 0.160. The SMILES string of the molecule is CS(=O)(=O)NN(CCO)CCO. The summed E-state index contributed by atoms with van der Waals surface area (Å²) in [4.78, 5) is 2.14. The van der Waals surface area contributed by atoms with E-state index >= 15 is 0 Å². The van der Waals surface area contributed by atoms with Gasteiger partial charge in [-0.2, -0.15) is 0 Å². The molecule has 0 unspecified atom stereocenters. The van der Waals surface area contributed by atoms with Crippen molar-refractivity contribution in [3.05, 3.63) is 0 Å². The minimum atomic E-state index is -3.31. The number of rotatable bonds is 6. The van der Waals surface area contributed by atoms with Crippen LogP contribution in [0.1, 0.15) is 0 Å². The number of hydrazine groups is 1. The average molecular weight is 198 g/mol. The second kappa shape index (κ2) is 5.44. The van der Waals surface area contributed by atoms with Gasteiger partial charge in [-0.15, -0.1) is 4.83 Å². The van der Waals surface area contributed by atoms with Gasteiger partial charge in [-0.25, -0.2) is 13.4 Å². The van der Waals surface area contributed by atoms with E-state index in [9.17, 15) is 8.42 Å². The van der Waals surface area contributed by atoms with Gasteiger partial charge in [0.05, 0.1) is 19.5 Å². The summed E-state index contributed by atoms with van der Waals surface area (Å²) in [5, 5.41) is 18.2. The smallest absolute Gasteiger partial charge is 0.221 e. The number of sulfonamides is 1.